The van der Waals surface area contributed by atoms with E-state index in [1.165, 1.54) is 12.2 Å². The van der Waals surface area contributed by atoms with Crippen molar-refractivity contribution in [3.63, 3.8) is 0 Å². The monoisotopic (exact) mass is 283 g/mol. The van der Waals surface area contributed by atoms with Crippen molar-refractivity contribution in [2.24, 2.45) is 5.73 Å². The van der Waals surface area contributed by atoms with Crippen LogP contribution in [0, 0.1) is 0 Å². The first-order valence-electron chi connectivity index (χ1n) is 6.41. The van der Waals surface area contributed by atoms with Crippen LogP contribution >= 0.6 is 0 Å². The Hall–Kier alpha value is -2.88. The van der Waals surface area contributed by atoms with Crippen LogP contribution < -0.4 is 5.73 Å². The van der Waals surface area contributed by atoms with E-state index >= 15 is 0 Å². The Morgan fingerprint density at radius 3 is 1.81 bits per heavy atom. The Labute approximate surface area is 126 Å². The van der Waals surface area contributed by atoms with E-state index in [1.807, 2.05) is 10.0 Å². The summed E-state index contributed by atoms with van der Waals surface area (Å²) < 4.78 is 0. The predicted octanol–water partition coefficient (Wildman–Crippen LogP) is 3.27. The topological polar surface area (TPSA) is 52.3 Å². The third-order valence-corrected chi connectivity index (χ3v) is 2.71. The van der Waals surface area contributed by atoms with Crippen molar-refractivity contribution in [3.8, 4) is 0 Å². The molecule has 0 bridgehead atoms. The van der Waals surface area contributed by atoms with Crippen molar-refractivity contribution in [1.82, 2.24) is 10.0 Å². The largest absolute Gasteiger partial charge is 0.506 e. The normalized spacial score (nSPS) is 16.6. The maximum Gasteiger partial charge on any atom is 0.140 e. The SMILES string of the molecule is C=C/C=C(N)\C(=C/C=C)N1CN1C(=C/C=C)/C(O)=C\C=C. The molecule has 0 saturated carbocycles. The molecule has 0 aromatic rings. The van der Waals surface area contributed by atoms with Crippen LogP contribution in [0.15, 0.2) is 97.8 Å². The number of hydrogen-bond acceptors (Lipinski definition) is 4. The Morgan fingerprint density at radius 1 is 0.810 bits per heavy atom. The third-order valence-electron chi connectivity index (χ3n) is 2.71. The summed E-state index contributed by atoms with van der Waals surface area (Å²) in [5.74, 6) is 0.108. The fourth-order valence-corrected chi connectivity index (χ4v) is 1.78. The number of rotatable bonds is 8. The molecule has 1 rings (SSSR count). The molecule has 0 aromatic carbocycles. The number of hydrogen-bond donors (Lipinski definition) is 2. The van der Waals surface area contributed by atoms with Crippen LogP contribution in [-0.4, -0.2) is 21.8 Å². The Bertz CT molecular complexity index is 515. The molecule has 110 valence electrons. The van der Waals surface area contributed by atoms with Crippen LogP contribution in [0.2, 0.25) is 0 Å². The Balaban J connectivity index is 3.05. The first kappa shape index (κ1) is 16.2. The molecule has 1 aliphatic rings. The highest BCUT2D eigenvalue weighted by Crippen LogP contribution is 2.32. The molecule has 4 nitrogen and oxygen atoms in total. The van der Waals surface area contributed by atoms with Gasteiger partial charge < -0.3 is 10.8 Å². The van der Waals surface area contributed by atoms with E-state index in [1.54, 1.807) is 36.5 Å². The fraction of sp³-hybridized carbons (Fsp3) is 0.0588. The van der Waals surface area contributed by atoms with E-state index in [0.717, 1.165) is 5.70 Å². The van der Waals surface area contributed by atoms with Gasteiger partial charge in [-0.05, 0) is 24.3 Å². The van der Waals surface area contributed by atoms with Crippen LogP contribution in [0.5, 0.6) is 0 Å². The summed E-state index contributed by atoms with van der Waals surface area (Å²) in [7, 11) is 0. The van der Waals surface area contributed by atoms with Crippen molar-refractivity contribution >= 4 is 0 Å². The van der Waals surface area contributed by atoms with Gasteiger partial charge in [0.05, 0.1) is 11.4 Å². The second kappa shape index (κ2) is 7.65. The molecule has 0 aromatic heterocycles. The van der Waals surface area contributed by atoms with Crippen molar-refractivity contribution in [1.29, 1.82) is 0 Å². The zero-order valence-corrected chi connectivity index (χ0v) is 12.1. The molecule has 4 heteroatoms. The summed E-state index contributed by atoms with van der Waals surface area (Å²) in [5, 5.41) is 13.8. The summed E-state index contributed by atoms with van der Waals surface area (Å²) in [6.45, 7) is 15.1. The van der Waals surface area contributed by atoms with Crippen LogP contribution in [0.25, 0.3) is 0 Å². The van der Waals surface area contributed by atoms with Gasteiger partial charge in [-0.2, -0.15) is 0 Å². The molecule has 1 fully saturated rings. The zero-order chi connectivity index (χ0) is 15.8. The quantitative estimate of drug-likeness (QED) is 0.408. The first-order valence-corrected chi connectivity index (χ1v) is 6.41. The highest BCUT2D eigenvalue weighted by atomic mass is 16.3. The highest BCUT2D eigenvalue weighted by molar-refractivity contribution is 5.37. The molecule has 21 heavy (non-hydrogen) atoms. The number of allylic oxidation sites excluding steroid dienone is 8. The van der Waals surface area contributed by atoms with Crippen molar-refractivity contribution < 1.29 is 5.11 Å². The van der Waals surface area contributed by atoms with Gasteiger partial charge in [0.2, 0.25) is 0 Å². The number of nitrogens with two attached hydrogens (primary N) is 1. The van der Waals surface area contributed by atoms with E-state index < -0.39 is 0 Å². The van der Waals surface area contributed by atoms with Crippen LogP contribution in [-0.2, 0) is 0 Å². The molecular formula is C17H21N3O. The lowest BCUT2D eigenvalue weighted by Gasteiger charge is -2.13. The average molecular weight is 283 g/mol. The zero-order valence-electron chi connectivity index (χ0n) is 12.1. The fourth-order valence-electron chi connectivity index (χ4n) is 1.78. The molecule has 0 amide bonds. The van der Waals surface area contributed by atoms with Crippen LogP contribution in [0.4, 0.5) is 0 Å². The van der Waals surface area contributed by atoms with E-state index in [2.05, 4.69) is 26.3 Å². The summed E-state index contributed by atoms with van der Waals surface area (Å²) in [6.07, 6.45) is 13.2. The van der Waals surface area contributed by atoms with Gasteiger partial charge in [0.1, 0.15) is 18.1 Å². The Kier molecular flexibility index (Phi) is 5.89. The van der Waals surface area contributed by atoms with E-state index in [0.29, 0.717) is 18.1 Å². The van der Waals surface area contributed by atoms with Gasteiger partial charge in [0.15, 0.2) is 0 Å². The maximum absolute atomic E-state index is 10.0. The Morgan fingerprint density at radius 2 is 1.29 bits per heavy atom. The highest BCUT2D eigenvalue weighted by Gasteiger charge is 2.36. The van der Waals surface area contributed by atoms with Gasteiger partial charge in [0.25, 0.3) is 0 Å². The maximum atomic E-state index is 10.0. The van der Waals surface area contributed by atoms with Crippen LogP contribution in [0.1, 0.15) is 0 Å². The minimum atomic E-state index is 0.108. The molecule has 3 N–H and O–H groups in total. The van der Waals surface area contributed by atoms with E-state index in [9.17, 15) is 5.11 Å². The molecular weight excluding hydrogens is 262 g/mol. The minimum absolute atomic E-state index is 0.108. The second-order valence-corrected chi connectivity index (χ2v) is 4.16. The molecule has 0 aliphatic carbocycles. The van der Waals surface area contributed by atoms with Crippen LogP contribution in [0.3, 0.4) is 0 Å². The van der Waals surface area contributed by atoms with Gasteiger partial charge in [-0.3, -0.25) is 10.0 Å². The molecule has 1 heterocycles. The molecule has 1 aliphatic heterocycles. The number of hydrazine groups is 1. The lowest BCUT2D eigenvalue weighted by Crippen LogP contribution is -2.14. The van der Waals surface area contributed by atoms with Gasteiger partial charge >= 0.3 is 0 Å². The van der Waals surface area contributed by atoms with Gasteiger partial charge in [-0.25, -0.2) is 0 Å². The summed E-state index contributed by atoms with van der Waals surface area (Å²) in [6, 6.07) is 0. The molecule has 1 saturated heterocycles. The molecule has 0 radical (unpaired) electrons. The van der Waals surface area contributed by atoms with Crippen molar-refractivity contribution in [3.05, 3.63) is 97.8 Å². The van der Waals surface area contributed by atoms with Gasteiger partial charge in [0, 0.05) is 0 Å². The minimum Gasteiger partial charge on any atom is -0.506 e. The first-order chi connectivity index (χ1) is 10.1. The van der Waals surface area contributed by atoms with Crippen molar-refractivity contribution in [2.45, 2.75) is 0 Å². The number of aliphatic hydroxyl groups excluding tert-OH is 1. The van der Waals surface area contributed by atoms with E-state index in [4.69, 9.17) is 5.73 Å². The average Bonchev–Trinajstić information content (AvgIpc) is 3.22. The van der Waals surface area contributed by atoms with E-state index in [-0.39, 0.29) is 5.76 Å². The lowest BCUT2D eigenvalue weighted by molar-refractivity contribution is 0.358. The summed E-state index contributed by atoms with van der Waals surface area (Å²) in [5.41, 5.74) is 7.97. The van der Waals surface area contributed by atoms with Gasteiger partial charge in [-0.15, -0.1) is 0 Å². The standard InChI is InChI=1S/C17H21N3O/c1-5-9-14(18)15(10-6-2)19-13-20(19)16(11-7-3)17(21)12-8-4/h5-12,21H,1-4,13,18H2/b14-9+,15-10+,16-11+,17-12+. The molecule has 0 unspecified atom stereocenters. The smallest absolute Gasteiger partial charge is 0.140 e. The summed E-state index contributed by atoms with van der Waals surface area (Å²) >= 11 is 0. The lowest BCUT2D eigenvalue weighted by atomic mass is 10.2. The number of aliphatic hydroxyl groups is 1. The number of nitrogens with zero attached hydrogens (tertiary/aromatic N) is 2. The molecule has 0 atom stereocenters. The predicted molar refractivity (Wildman–Crippen MR) is 88.5 cm³/mol. The summed E-state index contributed by atoms with van der Waals surface area (Å²) in [4.78, 5) is 0. The van der Waals surface area contributed by atoms with Crippen molar-refractivity contribution in [2.75, 3.05) is 6.67 Å². The molecule has 0 spiro atoms. The van der Waals surface area contributed by atoms with Gasteiger partial charge in [-0.1, -0.05) is 50.6 Å². The third kappa shape index (κ3) is 4.04. The second-order valence-electron chi connectivity index (χ2n) is 4.16.